The van der Waals surface area contributed by atoms with E-state index < -0.39 is 7.32 Å². The van der Waals surface area contributed by atoms with E-state index in [-0.39, 0.29) is 0 Å². The second-order valence-electron chi connectivity index (χ2n) is 2.22. The molecule has 12 heavy (non-hydrogen) atoms. The van der Waals surface area contributed by atoms with E-state index in [1.165, 1.54) is 0 Å². The van der Waals surface area contributed by atoms with Crippen LogP contribution in [0.1, 0.15) is 5.56 Å². The van der Waals surface area contributed by atoms with Gasteiger partial charge in [-0.15, -0.1) is 0 Å². The van der Waals surface area contributed by atoms with Crippen molar-refractivity contribution in [3.05, 3.63) is 36.4 Å². The Kier molecular flexibility index (Phi) is 2.91. The molecule has 0 aliphatic heterocycles. The summed E-state index contributed by atoms with van der Waals surface area (Å²) in [4.78, 5) is 0. The quantitative estimate of drug-likeness (QED) is 0.645. The molecular formula is C8H9BO3. The molecule has 0 fully saturated rings. The molecule has 3 nitrogen and oxygen atoms in total. The van der Waals surface area contributed by atoms with Gasteiger partial charge in [-0.1, -0.05) is 24.8 Å². The summed E-state index contributed by atoms with van der Waals surface area (Å²) in [5.74, 6) is 0.413. The van der Waals surface area contributed by atoms with Crippen molar-refractivity contribution >= 4 is 13.4 Å². The van der Waals surface area contributed by atoms with E-state index in [0.29, 0.717) is 5.75 Å². The maximum Gasteiger partial charge on any atom is 0.707 e. The normalized spacial score (nSPS) is 9.17. The fraction of sp³-hybridized carbons (Fsp3) is 0. The van der Waals surface area contributed by atoms with Crippen LogP contribution in [0, 0.1) is 0 Å². The molecule has 2 N–H and O–H groups in total. The minimum absolute atomic E-state index is 0.413. The average Bonchev–Trinajstić information content (AvgIpc) is 2.05. The van der Waals surface area contributed by atoms with Crippen molar-refractivity contribution in [2.24, 2.45) is 0 Å². The molecule has 0 atom stereocenters. The number of rotatable bonds is 3. The van der Waals surface area contributed by atoms with Crippen molar-refractivity contribution in [1.82, 2.24) is 0 Å². The third-order valence-electron chi connectivity index (χ3n) is 1.36. The number of benzene rings is 1. The highest BCUT2D eigenvalue weighted by Gasteiger charge is 2.09. The Labute approximate surface area is 71.1 Å². The van der Waals surface area contributed by atoms with E-state index in [4.69, 9.17) is 10.0 Å². The first-order valence-corrected chi connectivity index (χ1v) is 3.47. The summed E-state index contributed by atoms with van der Waals surface area (Å²) in [6, 6.07) is 6.81. The summed E-state index contributed by atoms with van der Waals surface area (Å²) in [6.07, 6.45) is 1.69. The van der Waals surface area contributed by atoms with Crippen molar-refractivity contribution in [1.29, 1.82) is 0 Å². The molecule has 0 saturated carbocycles. The minimum atomic E-state index is -1.76. The van der Waals surface area contributed by atoms with Crippen molar-refractivity contribution in [2.75, 3.05) is 0 Å². The zero-order chi connectivity index (χ0) is 8.97. The van der Waals surface area contributed by atoms with Crippen LogP contribution >= 0.6 is 0 Å². The van der Waals surface area contributed by atoms with Crippen molar-refractivity contribution in [3.8, 4) is 5.75 Å². The summed E-state index contributed by atoms with van der Waals surface area (Å²) in [5, 5.41) is 16.9. The largest absolute Gasteiger partial charge is 0.707 e. The summed E-state index contributed by atoms with van der Waals surface area (Å²) in [5.41, 5.74) is 0.953. The van der Waals surface area contributed by atoms with E-state index >= 15 is 0 Å². The fourth-order valence-corrected chi connectivity index (χ4v) is 0.804. The van der Waals surface area contributed by atoms with Gasteiger partial charge in [-0.2, -0.15) is 0 Å². The standard InChI is InChI=1S/C8H9BO3/c1-2-7-3-5-8(6-4-7)12-9(10)11/h2-6,10-11H,1H2. The fourth-order valence-electron chi connectivity index (χ4n) is 0.804. The molecule has 1 aromatic rings. The predicted molar refractivity (Wildman–Crippen MR) is 47.4 cm³/mol. The zero-order valence-electron chi connectivity index (χ0n) is 6.47. The van der Waals surface area contributed by atoms with Crippen LogP contribution in [0.5, 0.6) is 5.75 Å². The zero-order valence-corrected chi connectivity index (χ0v) is 6.47. The Hall–Kier alpha value is -1.26. The van der Waals surface area contributed by atoms with Crippen LogP contribution in [0.25, 0.3) is 6.08 Å². The lowest BCUT2D eigenvalue weighted by Crippen LogP contribution is -2.20. The summed E-state index contributed by atoms with van der Waals surface area (Å²) in [6.45, 7) is 3.58. The van der Waals surface area contributed by atoms with Crippen LogP contribution in [0.3, 0.4) is 0 Å². The Morgan fingerprint density at radius 1 is 1.25 bits per heavy atom. The van der Waals surface area contributed by atoms with E-state index in [9.17, 15) is 0 Å². The smallest absolute Gasteiger partial charge is 0.512 e. The lowest BCUT2D eigenvalue weighted by Gasteiger charge is -2.03. The predicted octanol–water partition coefficient (Wildman–Crippen LogP) is 0.678. The molecule has 1 aromatic carbocycles. The van der Waals surface area contributed by atoms with Crippen LogP contribution in [0.2, 0.25) is 0 Å². The summed E-state index contributed by atoms with van der Waals surface area (Å²) < 4.78 is 4.59. The highest BCUT2D eigenvalue weighted by molar-refractivity contribution is 6.33. The first-order valence-electron chi connectivity index (χ1n) is 3.47. The Balaban J connectivity index is 2.71. The molecule has 0 aliphatic rings. The van der Waals surface area contributed by atoms with Gasteiger partial charge in [0, 0.05) is 0 Å². The van der Waals surface area contributed by atoms with Crippen molar-refractivity contribution in [3.63, 3.8) is 0 Å². The molecular weight excluding hydrogens is 155 g/mol. The van der Waals surface area contributed by atoms with Gasteiger partial charge in [-0.3, -0.25) is 0 Å². The van der Waals surface area contributed by atoms with Crippen LogP contribution in [0.15, 0.2) is 30.8 Å². The third kappa shape index (κ3) is 2.41. The average molecular weight is 164 g/mol. The van der Waals surface area contributed by atoms with E-state index in [1.807, 2.05) is 0 Å². The molecule has 0 heterocycles. The van der Waals surface area contributed by atoms with Crippen LogP contribution < -0.4 is 4.65 Å². The molecule has 62 valence electrons. The first-order chi connectivity index (χ1) is 5.72. The van der Waals surface area contributed by atoms with Crippen LogP contribution in [-0.4, -0.2) is 17.4 Å². The molecule has 0 amide bonds. The molecule has 0 bridgehead atoms. The van der Waals surface area contributed by atoms with Crippen LogP contribution in [0.4, 0.5) is 0 Å². The van der Waals surface area contributed by atoms with Gasteiger partial charge in [0.25, 0.3) is 0 Å². The molecule has 0 spiro atoms. The number of hydrogen-bond acceptors (Lipinski definition) is 3. The maximum atomic E-state index is 8.45. The van der Waals surface area contributed by atoms with E-state index in [1.54, 1.807) is 30.3 Å². The Bertz CT molecular complexity index is 256. The van der Waals surface area contributed by atoms with Gasteiger partial charge in [0.1, 0.15) is 5.75 Å². The van der Waals surface area contributed by atoms with Gasteiger partial charge in [-0.25, -0.2) is 0 Å². The molecule has 0 unspecified atom stereocenters. The van der Waals surface area contributed by atoms with Gasteiger partial charge >= 0.3 is 7.32 Å². The van der Waals surface area contributed by atoms with E-state index in [2.05, 4.69) is 11.2 Å². The lowest BCUT2D eigenvalue weighted by atomic mass is 10.2. The van der Waals surface area contributed by atoms with Gasteiger partial charge < -0.3 is 14.7 Å². The van der Waals surface area contributed by atoms with Crippen molar-refractivity contribution < 1.29 is 14.7 Å². The molecule has 0 radical (unpaired) electrons. The number of hydrogen-bond donors (Lipinski definition) is 2. The Morgan fingerprint density at radius 3 is 2.25 bits per heavy atom. The molecule has 4 heteroatoms. The SMILES string of the molecule is C=Cc1ccc(OB(O)O)cc1. The first kappa shape index (κ1) is 8.84. The third-order valence-corrected chi connectivity index (χ3v) is 1.36. The minimum Gasteiger partial charge on any atom is -0.512 e. The summed E-state index contributed by atoms with van der Waals surface area (Å²) in [7, 11) is -1.76. The molecule has 0 saturated heterocycles. The topological polar surface area (TPSA) is 49.7 Å². The molecule has 1 rings (SSSR count). The monoisotopic (exact) mass is 164 g/mol. The van der Waals surface area contributed by atoms with Gasteiger partial charge in [0.2, 0.25) is 0 Å². The summed E-state index contributed by atoms with van der Waals surface area (Å²) >= 11 is 0. The second-order valence-corrected chi connectivity index (χ2v) is 2.22. The lowest BCUT2D eigenvalue weighted by molar-refractivity contribution is 0.288. The van der Waals surface area contributed by atoms with Gasteiger partial charge in [0.15, 0.2) is 0 Å². The maximum absolute atomic E-state index is 8.45. The van der Waals surface area contributed by atoms with E-state index in [0.717, 1.165) is 5.56 Å². The highest BCUT2D eigenvalue weighted by Crippen LogP contribution is 2.12. The van der Waals surface area contributed by atoms with Gasteiger partial charge in [-0.05, 0) is 17.7 Å². The van der Waals surface area contributed by atoms with Gasteiger partial charge in [0.05, 0.1) is 0 Å². The van der Waals surface area contributed by atoms with Crippen LogP contribution in [-0.2, 0) is 0 Å². The molecule has 0 aliphatic carbocycles. The second kappa shape index (κ2) is 3.94. The van der Waals surface area contributed by atoms with Crippen molar-refractivity contribution in [2.45, 2.75) is 0 Å². The molecule has 0 aromatic heterocycles. The Morgan fingerprint density at radius 2 is 1.83 bits per heavy atom. The highest BCUT2D eigenvalue weighted by atomic mass is 16.6.